The van der Waals surface area contributed by atoms with Crippen LogP contribution in [0.15, 0.2) is 18.2 Å². The molecule has 0 saturated heterocycles. The molecule has 0 radical (unpaired) electrons. The van der Waals surface area contributed by atoms with Gasteiger partial charge in [-0.2, -0.15) is 0 Å². The second-order valence-electron chi connectivity index (χ2n) is 5.57. The highest BCUT2D eigenvalue weighted by atomic mass is 16.1. The SMILES string of the molecule is Cc1ccc(-c2nc(C=O)c3n2CCN(C)C3)cc1C. The van der Waals surface area contributed by atoms with Gasteiger partial charge in [-0.1, -0.05) is 12.1 Å². The monoisotopic (exact) mass is 269 g/mol. The lowest BCUT2D eigenvalue weighted by atomic mass is 10.1. The van der Waals surface area contributed by atoms with Gasteiger partial charge in [-0.3, -0.25) is 9.69 Å². The number of aldehydes is 1. The van der Waals surface area contributed by atoms with Gasteiger partial charge in [0.1, 0.15) is 11.5 Å². The Balaban J connectivity index is 2.14. The Bertz CT molecular complexity index is 673. The van der Waals surface area contributed by atoms with E-state index in [-0.39, 0.29) is 0 Å². The number of fused-ring (bicyclic) bond motifs is 1. The molecule has 1 aliphatic heterocycles. The van der Waals surface area contributed by atoms with Gasteiger partial charge >= 0.3 is 0 Å². The van der Waals surface area contributed by atoms with Crippen molar-refractivity contribution in [3.05, 3.63) is 40.7 Å². The summed E-state index contributed by atoms with van der Waals surface area (Å²) in [5.74, 6) is 0.915. The van der Waals surface area contributed by atoms with E-state index in [0.717, 1.165) is 43.0 Å². The summed E-state index contributed by atoms with van der Waals surface area (Å²) < 4.78 is 2.19. The van der Waals surface area contributed by atoms with E-state index in [1.54, 1.807) is 0 Å². The average molecular weight is 269 g/mol. The Morgan fingerprint density at radius 1 is 1.20 bits per heavy atom. The maximum Gasteiger partial charge on any atom is 0.170 e. The number of carbonyl (C=O) groups excluding carboxylic acids is 1. The number of likely N-dealkylation sites (N-methyl/N-ethyl adjacent to an activating group) is 1. The number of aryl methyl sites for hydroxylation is 2. The van der Waals surface area contributed by atoms with Crippen molar-refractivity contribution >= 4 is 6.29 Å². The summed E-state index contributed by atoms with van der Waals surface area (Å²) in [6, 6.07) is 6.35. The van der Waals surface area contributed by atoms with Gasteiger partial charge in [0.15, 0.2) is 6.29 Å². The molecule has 0 fully saturated rings. The van der Waals surface area contributed by atoms with Gasteiger partial charge in [0.25, 0.3) is 0 Å². The van der Waals surface area contributed by atoms with E-state index in [2.05, 4.69) is 53.5 Å². The second kappa shape index (κ2) is 4.87. The molecule has 0 amide bonds. The van der Waals surface area contributed by atoms with Crippen molar-refractivity contribution in [2.75, 3.05) is 13.6 Å². The third-order valence-electron chi connectivity index (χ3n) is 4.11. The first-order chi connectivity index (χ1) is 9.60. The van der Waals surface area contributed by atoms with Crippen molar-refractivity contribution in [2.45, 2.75) is 26.9 Å². The third kappa shape index (κ3) is 2.06. The molecule has 0 bridgehead atoms. The molecule has 0 aliphatic carbocycles. The highest BCUT2D eigenvalue weighted by Crippen LogP contribution is 2.26. The lowest BCUT2D eigenvalue weighted by molar-refractivity contribution is 0.111. The van der Waals surface area contributed by atoms with Crippen LogP contribution in [0.2, 0.25) is 0 Å². The fourth-order valence-electron chi connectivity index (χ4n) is 2.71. The van der Waals surface area contributed by atoms with Gasteiger partial charge in [-0.25, -0.2) is 4.98 Å². The molecule has 3 rings (SSSR count). The quantitative estimate of drug-likeness (QED) is 0.786. The average Bonchev–Trinajstić information content (AvgIpc) is 2.79. The predicted octanol–water partition coefficient (Wildman–Crippen LogP) is 2.42. The Morgan fingerprint density at radius 2 is 2.00 bits per heavy atom. The molecule has 2 heterocycles. The normalized spacial score (nSPS) is 15.2. The highest BCUT2D eigenvalue weighted by Gasteiger charge is 2.22. The molecular weight excluding hydrogens is 250 g/mol. The van der Waals surface area contributed by atoms with Crippen LogP contribution in [0, 0.1) is 13.8 Å². The number of hydrogen-bond donors (Lipinski definition) is 0. The number of hydrogen-bond acceptors (Lipinski definition) is 3. The highest BCUT2D eigenvalue weighted by molar-refractivity contribution is 5.76. The minimum absolute atomic E-state index is 0.574. The van der Waals surface area contributed by atoms with Crippen LogP contribution in [0.1, 0.15) is 27.3 Å². The van der Waals surface area contributed by atoms with E-state index >= 15 is 0 Å². The molecule has 1 aliphatic rings. The van der Waals surface area contributed by atoms with Crippen molar-refractivity contribution in [1.29, 1.82) is 0 Å². The molecule has 0 spiro atoms. The summed E-state index contributed by atoms with van der Waals surface area (Å²) in [6.45, 7) is 6.86. The van der Waals surface area contributed by atoms with Crippen molar-refractivity contribution in [2.24, 2.45) is 0 Å². The number of carbonyl (C=O) groups is 1. The Hall–Kier alpha value is -1.94. The van der Waals surface area contributed by atoms with E-state index in [1.165, 1.54) is 11.1 Å². The zero-order valence-corrected chi connectivity index (χ0v) is 12.2. The Kier molecular flexibility index (Phi) is 3.18. The lowest BCUT2D eigenvalue weighted by Gasteiger charge is -2.25. The van der Waals surface area contributed by atoms with Crippen LogP contribution in [0.4, 0.5) is 0 Å². The van der Waals surface area contributed by atoms with Gasteiger partial charge in [0, 0.05) is 25.2 Å². The molecule has 1 aromatic carbocycles. The lowest BCUT2D eigenvalue weighted by Crippen LogP contribution is -2.30. The molecular formula is C16H19N3O. The first-order valence-corrected chi connectivity index (χ1v) is 6.91. The summed E-state index contributed by atoms with van der Waals surface area (Å²) in [5.41, 5.74) is 5.22. The van der Waals surface area contributed by atoms with Crippen LogP contribution >= 0.6 is 0 Å². The van der Waals surface area contributed by atoms with Gasteiger partial charge < -0.3 is 4.57 Å². The fourth-order valence-corrected chi connectivity index (χ4v) is 2.71. The van der Waals surface area contributed by atoms with Gasteiger partial charge in [-0.05, 0) is 38.1 Å². The predicted molar refractivity (Wildman–Crippen MR) is 78.9 cm³/mol. The number of aromatic nitrogens is 2. The van der Waals surface area contributed by atoms with Crippen molar-refractivity contribution in [3.63, 3.8) is 0 Å². The van der Waals surface area contributed by atoms with Crippen LogP contribution in [-0.4, -0.2) is 34.3 Å². The number of benzene rings is 1. The molecule has 4 nitrogen and oxygen atoms in total. The van der Waals surface area contributed by atoms with Crippen LogP contribution in [0.3, 0.4) is 0 Å². The minimum Gasteiger partial charge on any atom is -0.325 e. The Morgan fingerprint density at radius 3 is 2.70 bits per heavy atom. The van der Waals surface area contributed by atoms with E-state index in [0.29, 0.717) is 5.69 Å². The van der Waals surface area contributed by atoms with Crippen LogP contribution in [0.25, 0.3) is 11.4 Å². The smallest absolute Gasteiger partial charge is 0.170 e. The standard InChI is InChI=1S/C16H19N3O/c1-11-4-5-13(8-12(11)2)16-17-14(10-20)15-9-18(3)6-7-19(15)16/h4-5,8,10H,6-7,9H2,1-3H3. The third-order valence-corrected chi connectivity index (χ3v) is 4.11. The van der Waals surface area contributed by atoms with E-state index in [4.69, 9.17) is 0 Å². The number of imidazole rings is 1. The molecule has 0 N–H and O–H groups in total. The minimum atomic E-state index is 0.574. The van der Waals surface area contributed by atoms with E-state index in [1.807, 2.05) is 0 Å². The second-order valence-corrected chi connectivity index (χ2v) is 5.57. The van der Waals surface area contributed by atoms with Gasteiger partial charge in [0.2, 0.25) is 0 Å². The zero-order chi connectivity index (χ0) is 14.3. The van der Waals surface area contributed by atoms with Crippen molar-refractivity contribution in [3.8, 4) is 11.4 Å². The van der Waals surface area contributed by atoms with Gasteiger partial charge in [0.05, 0.1) is 5.69 Å². The molecule has 4 heteroatoms. The number of nitrogens with zero attached hydrogens (tertiary/aromatic N) is 3. The molecule has 20 heavy (non-hydrogen) atoms. The summed E-state index contributed by atoms with van der Waals surface area (Å²) in [7, 11) is 2.07. The largest absolute Gasteiger partial charge is 0.325 e. The molecule has 0 unspecified atom stereocenters. The summed E-state index contributed by atoms with van der Waals surface area (Å²) in [4.78, 5) is 18.0. The zero-order valence-electron chi connectivity index (χ0n) is 12.2. The van der Waals surface area contributed by atoms with Crippen molar-refractivity contribution < 1.29 is 4.79 Å². The first-order valence-electron chi connectivity index (χ1n) is 6.91. The molecule has 0 saturated carbocycles. The van der Waals surface area contributed by atoms with Crippen LogP contribution < -0.4 is 0 Å². The fraction of sp³-hybridized carbons (Fsp3) is 0.375. The summed E-state index contributed by atoms with van der Waals surface area (Å²) >= 11 is 0. The molecule has 0 atom stereocenters. The number of rotatable bonds is 2. The van der Waals surface area contributed by atoms with Gasteiger partial charge in [-0.15, -0.1) is 0 Å². The molecule has 104 valence electrons. The summed E-state index contributed by atoms with van der Waals surface area (Å²) in [5, 5.41) is 0. The first kappa shape index (κ1) is 13.1. The molecule has 2 aromatic rings. The van der Waals surface area contributed by atoms with Crippen molar-refractivity contribution in [1.82, 2.24) is 14.5 Å². The molecule has 1 aromatic heterocycles. The van der Waals surface area contributed by atoms with Crippen LogP contribution in [-0.2, 0) is 13.1 Å². The Labute approximate surface area is 119 Å². The van der Waals surface area contributed by atoms with E-state index < -0.39 is 0 Å². The van der Waals surface area contributed by atoms with E-state index in [9.17, 15) is 4.79 Å². The summed E-state index contributed by atoms with van der Waals surface area (Å²) in [6.07, 6.45) is 0.871. The topological polar surface area (TPSA) is 38.1 Å². The van der Waals surface area contributed by atoms with Crippen LogP contribution in [0.5, 0.6) is 0 Å². The maximum atomic E-state index is 11.3. The maximum absolute atomic E-state index is 11.3.